The molecule has 1 amide bonds. The van der Waals surface area contributed by atoms with Gasteiger partial charge in [-0.15, -0.1) is 0 Å². The van der Waals surface area contributed by atoms with Gasteiger partial charge in [0.15, 0.2) is 0 Å². The molecular weight excluding hydrogens is 276 g/mol. The molecule has 5 heteroatoms. The zero-order chi connectivity index (χ0) is 16.3. The summed E-state index contributed by atoms with van der Waals surface area (Å²) in [5.74, 6) is -0.0232. The van der Waals surface area contributed by atoms with Gasteiger partial charge < -0.3 is 4.90 Å². The highest BCUT2D eigenvalue weighted by Gasteiger charge is 2.22. The van der Waals surface area contributed by atoms with Crippen molar-refractivity contribution in [3.05, 3.63) is 52.8 Å². The van der Waals surface area contributed by atoms with Gasteiger partial charge in [-0.25, -0.2) is 0 Å². The van der Waals surface area contributed by atoms with Gasteiger partial charge in [-0.3, -0.25) is 9.48 Å². The summed E-state index contributed by atoms with van der Waals surface area (Å²) in [7, 11) is 1.83. The Balaban J connectivity index is 2.24. The Morgan fingerprint density at radius 3 is 2.45 bits per heavy atom. The lowest BCUT2D eigenvalue weighted by Gasteiger charge is -2.27. The van der Waals surface area contributed by atoms with Gasteiger partial charge in [0.25, 0.3) is 5.91 Å². The largest absolute Gasteiger partial charge is 0.332 e. The van der Waals surface area contributed by atoms with Crippen LogP contribution in [0.3, 0.4) is 0 Å². The molecule has 1 heterocycles. The fraction of sp³-hybridized carbons (Fsp3) is 0.353. The van der Waals surface area contributed by atoms with Crippen molar-refractivity contribution in [1.82, 2.24) is 14.7 Å². The van der Waals surface area contributed by atoms with Gasteiger partial charge >= 0.3 is 0 Å². The average Bonchev–Trinajstić information content (AvgIpc) is 2.84. The molecule has 0 aliphatic rings. The van der Waals surface area contributed by atoms with Gasteiger partial charge in [0.1, 0.15) is 0 Å². The molecular formula is C17H20N4O. The number of rotatable bonds is 4. The number of aromatic nitrogens is 2. The number of benzene rings is 1. The molecule has 1 aromatic carbocycles. The van der Waals surface area contributed by atoms with Crippen molar-refractivity contribution in [2.24, 2.45) is 7.05 Å². The maximum atomic E-state index is 12.8. The molecule has 0 aliphatic carbocycles. The monoisotopic (exact) mass is 296 g/mol. The molecule has 114 valence electrons. The molecule has 0 radical (unpaired) electrons. The minimum absolute atomic E-state index is 0.0232. The molecule has 2 aromatic rings. The van der Waals surface area contributed by atoms with Gasteiger partial charge in [-0.1, -0.05) is 12.1 Å². The van der Waals surface area contributed by atoms with Crippen LogP contribution in [-0.4, -0.2) is 26.6 Å². The zero-order valence-electron chi connectivity index (χ0n) is 13.4. The number of carbonyl (C=O) groups excluding carboxylic acids is 1. The molecule has 0 spiro atoms. The van der Waals surface area contributed by atoms with Crippen molar-refractivity contribution in [2.75, 3.05) is 0 Å². The standard InChI is InChI=1S/C17H20N4O/c1-12(2)21(11-15-7-5-14(9-18)6-8-15)17(22)16-10-19-20(4)13(16)3/h5-8,10,12H,11H2,1-4H3. The highest BCUT2D eigenvalue weighted by molar-refractivity contribution is 5.95. The Labute approximate surface area is 130 Å². The van der Waals surface area contributed by atoms with E-state index in [-0.39, 0.29) is 11.9 Å². The maximum absolute atomic E-state index is 12.8. The zero-order valence-corrected chi connectivity index (χ0v) is 13.4. The van der Waals surface area contributed by atoms with E-state index in [0.717, 1.165) is 11.3 Å². The van der Waals surface area contributed by atoms with Crippen molar-refractivity contribution >= 4 is 5.91 Å². The van der Waals surface area contributed by atoms with E-state index >= 15 is 0 Å². The predicted molar refractivity (Wildman–Crippen MR) is 84.1 cm³/mol. The smallest absolute Gasteiger partial charge is 0.257 e. The highest BCUT2D eigenvalue weighted by atomic mass is 16.2. The normalized spacial score (nSPS) is 10.5. The molecule has 0 saturated carbocycles. The SMILES string of the molecule is Cc1c(C(=O)N(Cc2ccc(C#N)cc2)C(C)C)cnn1C. The Morgan fingerprint density at radius 2 is 2.00 bits per heavy atom. The van der Waals surface area contributed by atoms with Crippen LogP contribution in [0.1, 0.15) is 41.0 Å². The molecule has 0 bridgehead atoms. The second kappa shape index (κ2) is 6.44. The van der Waals surface area contributed by atoms with E-state index in [2.05, 4.69) is 11.2 Å². The quantitative estimate of drug-likeness (QED) is 0.871. The summed E-state index contributed by atoms with van der Waals surface area (Å²) >= 11 is 0. The maximum Gasteiger partial charge on any atom is 0.257 e. The summed E-state index contributed by atoms with van der Waals surface area (Å²) in [5, 5.41) is 13.0. The Morgan fingerprint density at radius 1 is 1.36 bits per heavy atom. The minimum Gasteiger partial charge on any atom is -0.332 e. The van der Waals surface area contributed by atoms with E-state index in [1.165, 1.54) is 0 Å². The number of hydrogen-bond donors (Lipinski definition) is 0. The highest BCUT2D eigenvalue weighted by Crippen LogP contribution is 2.16. The number of carbonyl (C=O) groups is 1. The molecule has 0 atom stereocenters. The van der Waals surface area contributed by atoms with Gasteiger partial charge in [-0.05, 0) is 38.5 Å². The molecule has 0 N–H and O–H groups in total. The first-order valence-electron chi connectivity index (χ1n) is 7.22. The minimum atomic E-state index is -0.0232. The third-order valence-electron chi connectivity index (χ3n) is 3.79. The summed E-state index contributed by atoms with van der Waals surface area (Å²) in [6.45, 7) is 6.39. The number of nitrogens with zero attached hydrogens (tertiary/aromatic N) is 4. The van der Waals surface area contributed by atoms with Crippen molar-refractivity contribution in [3.8, 4) is 6.07 Å². The van der Waals surface area contributed by atoms with E-state index in [9.17, 15) is 4.79 Å². The molecule has 0 aliphatic heterocycles. The molecule has 0 unspecified atom stereocenters. The van der Waals surface area contributed by atoms with Gasteiger partial charge in [0.05, 0.1) is 23.4 Å². The number of hydrogen-bond acceptors (Lipinski definition) is 3. The molecule has 2 rings (SSSR count). The van der Waals surface area contributed by atoms with Crippen LogP contribution in [0.15, 0.2) is 30.5 Å². The molecule has 5 nitrogen and oxygen atoms in total. The van der Waals surface area contributed by atoms with E-state index in [1.807, 2.05) is 44.9 Å². The Hall–Kier alpha value is -2.61. The molecule has 22 heavy (non-hydrogen) atoms. The first-order valence-corrected chi connectivity index (χ1v) is 7.22. The van der Waals surface area contributed by atoms with Crippen LogP contribution < -0.4 is 0 Å². The summed E-state index contributed by atoms with van der Waals surface area (Å²) in [4.78, 5) is 14.6. The lowest BCUT2D eigenvalue weighted by Crippen LogP contribution is -2.36. The van der Waals surface area contributed by atoms with Gasteiger partial charge in [0.2, 0.25) is 0 Å². The van der Waals surface area contributed by atoms with E-state index in [0.29, 0.717) is 17.7 Å². The van der Waals surface area contributed by atoms with Crippen LogP contribution in [0.5, 0.6) is 0 Å². The lowest BCUT2D eigenvalue weighted by molar-refractivity contribution is 0.0689. The van der Waals surface area contributed by atoms with Crippen molar-refractivity contribution < 1.29 is 4.79 Å². The van der Waals surface area contributed by atoms with Crippen molar-refractivity contribution in [1.29, 1.82) is 5.26 Å². The molecule has 0 fully saturated rings. The third kappa shape index (κ3) is 3.17. The van der Waals surface area contributed by atoms with E-state index in [1.54, 1.807) is 23.0 Å². The first kappa shape index (κ1) is 15.8. The van der Waals surface area contributed by atoms with Crippen LogP contribution in [0.2, 0.25) is 0 Å². The molecule has 0 saturated heterocycles. The van der Waals surface area contributed by atoms with Crippen molar-refractivity contribution in [3.63, 3.8) is 0 Å². The summed E-state index contributed by atoms with van der Waals surface area (Å²) in [6, 6.07) is 9.48. The first-order chi connectivity index (χ1) is 10.4. The second-order valence-electron chi connectivity index (χ2n) is 5.60. The summed E-state index contributed by atoms with van der Waals surface area (Å²) in [6.07, 6.45) is 1.62. The van der Waals surface area contributed by atoms with Gasteiger partial charge in [-0.2, -0.15) is 10.4 Å². The lowest BCUT2D eigenvalue weighted by atomic mass is 10.1. The van der Waals surface area contributed by atoms with E-state index < -0.39 is 0 Å². The number of aryl methyl sites for hydroxylation is 1. The fourth-order valence-electron chi connectivity index (χ4n) is 2.23. The summed E-state index contributed by atoms with van der Waals surface area (Å²) in [5.41, 5.74) is 3.11. The third-order valence-corrected chi connectivity index (χ3v) is 3.79. The van der Waals surface area contributed by atoms with Crippen LogP contribution in [0.4, 0.5) is 0 Å². The van der Waals surface area contributed by atoms with Crippen molar-refractivity contribution in [2.45, 2.75) is 33.4 Å². The summed E-state index contributed by atoms with van der Waals surface area (Å²) < 4.78 is 1.70. The predicted octanol–water partition coefficient (Wildman–Crippen LogP) is 2.65. The second-order valence-corrected chi connectivity index (χ2v) is 5.60. The van der Waals surface area contributed by atoms with Gasteiger partial charge in [0, 0.05) is 25.3 Å². The van der Waals surface area contributed by atoms with Crippen LogP contribution in [0.25, 0.3) is 0 Å². The van der Waals surface area contributed by atoms with Crippen LogP contribution >= 0.6 is 0 Å². The Bertz CT molecular complexity index is 707. The number of nitriles is 1. The van der Waals surface area contributed by atoms with Crippen LogP contribution in [-0.2, 0) is 13.6 Å². The topological polar surface area (TPSA) is 61.9 Å². The Kier molecular flexibility index (Phi) is 4.62. The molecule has 1 aromatic heterocycles. The number of amides is 1. The average molecular weight is 296 g/mol. The van der Waals surface area contributed by atoms with E-state index in [4.69, 9.17) is 5.26 Å². The van der Waals surface area contributed by atoms with Crippen LogP contribution in [0, 0.1) is 18.3 Å². The fourth-order valence-corrected chi connectivity index (χ4v) is 2.23.